The molecular weight excluding hydrogens is 430 g/mol. The Morgan fingerprint density at radius 3 is 2.65 bits per heavy atom. The van der Waals surface area contributed by atoms with Crippen LogP contribution < -0.4 is 14.4 Å². The van der Waals surface area contributed by atoms with Crippen LogP contribution in [0.4, 0.5) is 5.82 Å². The third kappa shape index (κ3) is 4.54. The summed E-state index contributed by atoms with van der Waals surface area (Å²) in [5, 5.41) is 4.49. The number of ether oxygens (including phenoxy) is 2. The van der Waals surface area contributed by atoms with Gasteiger partial charge in [-0.2, -0.15) is 5.10 Å². The summed E-state index contributed by atoms with van der Waals surface area (Å²) in [6.45, 7) is 4.30. The number of rotatable bonds is 7. The van der Waals surface area contributed by atoms with E-state index in [1.165, 1.54) is 0 Å². The summed E-state index contributed by atoms with van der Waals surface area (Å²) in [5.74, 6) is 1.72. The zero-order chi connectivity index (χ0) is 23.3. The Balaban J connectivity index is 1.35. The molecule has 0 aliphatic carbocycles. The Morgan fingerprint density at radius 1 is 1.12 bits per heavy atom. The summed E-state index contributed by atoms with van der Waals surface area (Å²) >= 11 is 0. The first-order valence-electron chi connectivity index (χ1n) is 11.5. The first-order chi connectivity index (χ1) is 16.7. The normalized spacial score (nSPS) is 14.7. The highest BCUT2D eigenvalue weighted by molar-refractivity contribution is 5.96. The molecule has 0 bridgehead atoms. The molecule has 1 aliphatic heterocycles. The van der Waals surface area contributed by atoms with Crippen molar-refractivity contribution in [3.63, 3.8) is 0 Å². The van der Waals surface area contributed by atoms with Crippen LogP contribution in [-0.2, 0) is 0 Å². The van der Waals surface area contributed by atoms with Crippen molar-refractivity contribution in [3.8, 4) is 22.9 Å². The lowest BCUT2D eigenvalue weighted by molar-refractivity contribution is 0.156. The molecule has 0 amide bonds. The number of piperidine rings is 1. The van der Waals surface area contributed by atoms with E-state index in [0.717, 1.165) is 59.7 Å². The number of hydrogen-bond donors (Lipinski definition) is 0. The second-order valence-electron chi connectivity index (χ2n) is 8.04. The summed E-state index contributed by atoms with van der Waals surface area (Å²) in [5.41, 5.74) is 3.94. The van der Waals surface area contributed by atoms with Gasteiger partial charge in [-0.25, -0.2) is 19.5 Å². The molecule has 0 spiro atoms. The van der Waals surface area contributed by atoms with Gasteiger partial charge in [0.2, 0.25) is 0 Å². The fourth-order valence-electron chi connectivity index (χ4n) is 4.25. The Morgan fingerprint density at radius 2 is 1.94 bits per heavy atom. The van der Waals surface area contributed by atoms with Gasteiger partial charge in [0.1, 0.15) is 17.7 Å². The monoisotopic (exact) mass is 457 g/mol. The second-order valence-corrected chi connectivity index (χ2v) is 8.04. The Bertz CT molecular complexity index is 1260. The maximum Gasteiger partial charge on any atom is 0.316 e. The average molecular weight is 458 g/mol. The molecule has 0 radical (unpaired) electrons. The molecule has 0 saturated carbocycles. The number of hydrogen-bond acceptors (Lipinski definition) is 8. The first kappa shape index (κ1) is 21.8. The zero-order valence-electron chi connectivity index (χ0n) is 19.3. The van der Waals surface area contributed by atoms with E-state index in [2.05, 4.69) is 37.1 Å². The lowest BCUT2D eigenvalue weighted by Gasteiger charge is -2.32. The number of anilines is 1. The number of aliphatic imine (C=N–C) groups is 1. The van der Waals surface area contributed by atoms with Crippen molar-refractivity contribution < 1.29 is 9.47 Å². The van der Waals surface area contributed by atoms with E-state index in [0.29, 0.717) is 12.6 Å². The van der Waals surface area contributed by atoms with Crippen molar-refractivity contribution in [1.82, 2.24) is 24.6 Å². The molecule has 4 aromatic rings. The van der Waals surface area contributed by atoms with Crippen molar-refractivity contribution in [2.24, 2.45) is 4.99 Å². The summed E-state index contributed by atoms with van der Waals surface area (Å²) < 4.78 is 13.5. The van der Waals surface area contributed by atoms with Gasteiger partial charge in [0, 0.05) is 74.5 Å². The predicted molar refractivity (Wildman–Crippen MR) is 131 cm³/mol. The van der Waals surface area contributed by atoms with Crippen LogP contribution in [0.25, 0.3) is 16.6 Å². The fraction of sp³-hybridized carbons (Fsp3) is 0.320. The highest BCUT2D eigenvalue weighted by atomic mass is 16.5. The largest absolute Gasteiger partial charge is 0.492 e. The number of fused-ring (bicyclic) bond motifs is 1. The van der Waals surface area contributed by atoms with Gasteiger partial charge in [-0.05, 0) is 31.2 Å². The number of pyridine rings is 2. The molecule has 174 valence electrons. The molecule has 0 unspecified atom stereocenters. The minimum absolute atomic E-state index is 0.119. The van der Waals surface area contributed by atoms with Crippen molar-refractivity contribution >= 4 is 17.5 Å². The summed E-state index contributed by atoms with van der Waals surface area (Å²) in [7, 11) is 1.76. The fourth-order valence-corrected chi connectivity index (χ4v) is 4.25. The summed E-state index contributed by atoms with van der Waals surface area (Å²) in [6, 6.07) is 8.45. The molecule has 1 fully saturated rings. The minimum atomic E-state index is 0.119. The summed E-state index contributed by atoms with van der Waals surface area (Å²) in [4.78, 5) is 19.6. The van der Waals surface area contributed by atoms with E-state index in [-0.39, 0.29) is 6.10 Å². The van der Waals surface area contributed by atoms with E-state index in [1.807, 2.05) is 42.3 Å². The molecule has 0 aromatic carbocycles. The van der Waals surface area contributed by atoms with Crippen LogP contribution in [0.2, 0.25) is 0 Å². The van der Waals surface area contributed by atoms with E-state index < -0.39 is 0 Å². The molecule has 9 heteroatoms. The van der Waals surface area contributed by atoms with Crippen LogP contribution in [0, 0.1) is 0 Å². The molecule has 4 aromatic heterocycles. The molecule has 1 aliphatic rings. The molecular formula is C25H27N7O2. The van der Waals surface area contributed by atoms with Gasteiger partial charge in [-0.15, -0.1) is 0 Å². The van der Waals surface area contributed by atoms with Crippen LogP contribution in [-0.4, -0.2) is 63.6 Å². The molecule has 0 atom stereocenters. The molecule has 0 N–H and O–H groups in total. The van der Waals surface area contributed by atoms with Gasteiger partial charge in [-0.3, -0.25) is 4.99 Å². The molecule has 5 heterocycles. The van der Waals surface area contributed by atoms with Crippen molar-refractivity contribution in [1.29, 1.82) is 0 Å². The quantitative estimate of drug-likeness (QED) is 0.391. The van der Waals surface area contributed by atoms with E-state index in [4.69, 9.17) is 14.5 Å². The van der Waals surface area contributed by atoms with Crippen LogP contribution in [0.3, 0.4) is 0 Å². The highest BCUT2D eigenvalue weighted by Crippen LogP contribution is 2.31. The first-order valence-corrected chi connectivity index (χ1v) is 11.5. The third-order valence-corrected chi connectivity index (χ3v) is 5.83. The second kappa shape index (κ2) is 9.86. The minimum Gasteiger partial charge on any atom is -0.492 e. The van der Waals surface area contributed by atoms with E-state index >= 15 is 0 Å². The Hall–Kier alpha value is -4.01. The Kier molecular flexibility index (Phi) is 6.33. The van der Waals surface area contributed by atoms with Crippen LogP contribution in [0.5, 0.6) is 11.8 Å². The van der Waals surface area contributed by atoms with Gasteiger partial charge >= 0.3 is 6.01 Å². The van der Waals surface area contributed by atoms with E-state index in [9.17, 15) is 0 Å². The van der Waals surface area contributed by atoms with Crippen molar-refractivity contribution in [2.75, 3.05) is 31.6 Å². The van der Waals surface area contributed by atoms with Crippen molar-refractivity contribution in [3.05, 3.63) is 60.8 Å². The van der Waals surface area contributed by atoms with Crippen LogP contribution in [0.1, 0.15) is 25.3 Å². The molecule has 5 rings (SSSR count). The lowest BCUT2D eigenvalue weighted by atomic mass is 10.0. The smallest absolute Gasteiger partial charge is 0.316 e. The SMILES string of the molecule is CCOc1cc(-c2ccc(N3CCC(Oc4ncccn4)CC3)nc2)c2c(/C=N/C)cnn2c1. The summed E-state index contributed by atoms with van der Waals surface area (Å²) in [6.07, 6.45) is 12.8. The lowest BCUT2D eigenvalue weighted by Crippen LogP contribution is -2.38. The zero-order valence-corrected chi connectivity index (χ0v) is 19.3. The molecule has 9 nitrogen and oxygen atoms in total. The van der Waals surface area contributed by atoms with Gasteiger partial charge < -0.3 is 14.4 Å². The predicted octanol–water partition coefficient (Wildman–Crippen LogP) is 3.68. The highest BCUT2D eigenvalue weighted by Gasteiger charge is 2.22. The number of nitrogens with zero attached hydrogens (tertiary/aromatic N) is 7. The molecule has 34 heavy (non-hydrogen) atoms. The Labute approximate surface area is 198 Å². The standard InChI is InChI=1S/C25H27N7O2/c1-3-33-21-13-22(24-19(14-26-2)16-30-32(24)17-21)18-5-6-23(29-15-18)31-11-7-20(8-12-31)34-25-27-9-4-10-28-25/h4-6,9-10,13-17,20H,3,7-8,11-12H2,1-2H3/b26-14+. The van der Waals surface area contributed by atoms with Gasteiger partial charge in [0.25, 0.3) is 0 Å². The topological polar surface area (TPSA) is 90.0 Å². The maximum absolute atomic E-state index is 5.91. The van der Waals surface area contributed by atoms with Gasteiger partial charge in [-0.1, -0.05) is 0 Å². The van der Waals surface area contributed by atoms with E-state index in [1.54, 1.807) is 25.5 Å². The van der Waals surface area contributed by atoms with Gasteiger partial charge in [0.15, 0.2) is 0 Å². The number of aromatic nitrogens is 5. The van der Waals surface area contributed by atoms with Crippen molar-refractivity contribution in [2.45, 2.75) is 25.9 Å². The van der Waals surface area contributed by atoms with Gasteiger partial charge in [0.05, 0.1) is 24.5 Å². The average Bonchev–Trinajstić information content (AvgIpc) is 3.28. The third-order valence-electron chi connectivity index (χ3n) is 5.83. The van der Waals surface area contributed by atoms with Crippen LogP contribution in [0.15, 0.2) is 60.2 Å². The van der Waals surface area contributed by atoms with Crippen LogP contribution >= 0.6 is 0 Å². The maximum atomic E-state index is 5.91. The molecule has 1 saturated heterocycles.